The van der Waals surface area contributed by atoms with Crippen molar-refractivity contribution in [3.63, 3.8) is 0 Å². The van der Waals surface area contributed by atoms with E-state index in [1.807, 2.05) is 6.08 Å². The lowest BCUT2D eigenvalue weighted by Crippen LogP contribution is -2.53. The van der Waals surface area contributed by atoms with E-state index in [9.17, 15) is 4.79 Å². The Balaban J connectivity index is 1.74. The average molecular weight is 246 g/mol. The summed E-state index contributed by atoms with van der Waals surface area (Å²) in [5.41, 5.74) is 0.595. The molecule has 1 heteroatoms. The molecule has 4 fully saturated rings. The highest BCUT2D eigenvalue weighted by Crippen LogP contribution is 2.65. The number of Topliss-reactive ketones (excluding diaryl/α,β-unsaturated/α-hetero) is 1. The van der Waals surface area contributed by atoms with E-state index in [2.05, 4.69) is 13.5 Å². The highest BCUT2D eigenvalue weighted by molar-refractivity contribution is 5.85. The lowest BCUT2D eigenvalue weighted by molar-refractivity contribution is -0.153. The number of ketones is 1. The minimum absolute atomic E-state index is 0.0972. The molecule has 4 rings (SSSR count). The van der Waals surface area contributed by atoms with Gasteiger partial charge in [0.1, 0.15) is 5.78 Å². The largest absolute Gasteiger partial charge is 0.299 e. The van der Waals surface area contributed by atoms with E-state index in [0.717, 1.165) is 31.1 Å². The summed E-state index contributed by atoms with van der Waals surface area (Å²) in [4.78, 5) is 12.7. The Kier molecular flexibility index (Phi) is 2.91. The van der Waals surface area contributed by atoms with Gasteiger partial charge in [0, 0.05) is 11.8 Å². The minimum atomic E-state index is 0.0972. The maximum atomic E-state index is 12.7. The summed E-state index contributed by atoms with van der Waals surface area (Å²) in [5, 5.41) is 0. The van der Waals surface area contributed by atoms with E-state index in [1.165, 1.54) is 38.5 Å². The van der Waals surface area contributed by atoms with E-state index in [0.29, 0.717) is 11.2 Å². The van der Waals surface area contributed by atoms with Gasteiger partial charge in [0.2, 0.25) is 0 Å². The molecule has 2 atom stereocenters. The molecule has 0 amide bonds. The third kappa shape index (κ3) is 1.96. The molecule has 0 radical (unpaired) electrons. The first kappa shape index (κ1) is 12.4. The van der Waals surface area contributed by atoms with Crippen molar-refractivity contribution in [2.75, 3.05) is 0 Å². The molecular formula is C17H26O. The highest BCUT2D eigenvalue weighted by atomic mass is 16.1. The number of allylic oxidation sites excluding steroid dienone is 1. The van der Waals surface area contributed by atoms with Gasteiger partial charge in [0.25, 0.3) is 0 Å². The van der Waals surface area contributed by atoms with Crippen LogP contribution in [0.25, 0.3) is 0 Å². The lowest BCUT2D eigenvalue weighted by Gasteiger charge is -2.60. The van der Waals surface area contributed by atoms with E-state index in [-0.39, 0.29) is 5.41 Å². The minimum Gasteiger partial charge on any atom is -0.299 e. The number of unbranched alkanes of at least 4 members (excludes halogenated alkanes) is 1. The zero-order valence-electron chi connectivity index (χ0n) is 11.7. The predicted octanol–water partition coefficient (Wildman–Crippen LogP) is 4.52. The molecule has 0 spiro atoms. The maximum absolute atomic E-state index is 12.7. The van der Waals surface area contributed by atoms with Crippen molar-refractivity contribution in [1.29, 1.82) is 0 Å². The van der Waals surface area contributed by atoms with Crippen molar-refractivity contribution < 1.29 is 4.79 Å². The van der Waals surface area contributed by atoms with Gasteiger partial charge in [-0.1, -0.05) is 13.0 Å². The fourth-order valence-electron chi connectivity index (χ4n) is 5.72. The molecule has 1 nitrogen and oxygen atoms in total. The SMILES string of the molecule is C=CCCCC(=O)C12CC3CC(CC(C)(C3)C1)C2. The molecule has 4 aliphatic carbocycles. The van der Waals surface area contributed by atoms with Crippen LogP contribution in [0.1, 0.15) is 64.7 Å². The van der Waals surface area contributed by atoms with Crippen molar-refractivity contribution >= 4 is 5.78 Å². The fraction of sp³-hybridized carbons (Fsp3) is 0.824. The van der Waals surface area contributed by atoms with Gasteiger partial charge in [-0.25, -0.2) is 0 Å². The van der Waals surface area contributed by atoms with Gasteiger partial charge < -0.3 is 0 Å². The van der Waals surface area contributed by atoms with Crippen molar-refractivity contribution in [3.05, 3.63) is 12.7 Å². The molecule has 0 aliphatic heterocycles. The summed E-state index contributed by atoms with van der Waals surface area (Å²) in [7, 11) is 0. The van der Waals surface area contributed by atoms with Gasteiger partial charge in [-0.05, 0) is 68.6 Å². The molecule has 4 bridgehead atoms. The Morgan fingerprint density at radius 3 is 2.50 bits per heavy atom. The Labute approximate surface area is 111 Å². The van der Waals surface area contributed by atoms with E-state index >= 15 is 0 Å². The molecule has 0 saturated heterocycles. The molecule has 0 aromatic rings. The smallest absolute Gasteiger partial charge is 0.139 e. The second-order valence-corrected chi connectivity index (χ2v) is 7.66. The van der Waals surface area contributed by atoms with Crippen LogP contribution in [0.2, 0.25) is 0 Å². The highest BCUT2D eigenvalue weighted by Gasteiger charge is 2.58. The van der Waals surface area contributed by atoms with Crippen LogP contribution in [0.4, 0.5) is 0 Å². The zero-order chi connectivity index (χ0) is 12.8. The number of hydrogen-bond acceptors (Lipinski definition) is 1. The van der Waals surface area contributed by atoms with Gasteiger partial charge in [0.05, 0.1) is 0 Å². The second kappa shape index (κ2) is 4.21. The van der Waals surface area contributed by atoms with E-state index in [4.69, 9.17) is 0 Å². The van der Waals surface area contributed by atoms with Crippen LogP contribution in [0.15, 0.2) is 12.7 Å². The fourth-order valence-corrected chi connectivity index (χ4v) is 5.72. The number of carbonyl (C=O) groups is 1. The third-order valence-corrected chi connectivity index (χ3v) is 5.76. The van der Waals surface area contributed by atoms with Crippen molar-refractivity contribution in [1.82, 2.24) is 0 Å². The molecular weight excluding hydrogens is 220 g/mol. The van der Waals surface area contributed by atoms with Crippen LogP contribution in [0.3, 0.4) is 0 Å². The van der Waals surface area contributed by atoms with Gasteiger partial charge >= 0.3 is 0 Å². The topological polar surface area (TPSA) is 17.1 Å². The standard InChI is InChI=1S/C17H26O/c1-3-4-5-6-15(18)17-10-13-7-14(11-17)9-16(2,8-13)12-17/h3,13-14H,1,4-12H2,2H3. The zero-order valence-corrected chi connectivity index (χ0v) is 11.7. The van der Waals surface area contributed by atoms with Crippen LogP contribution in [-0.4, -0.2) is 5.78 Å². The molecule has 4 saturated carbocycles. The van der Waals surface area contributed by atoms with Crippen molar-refractivity contribution in [3.8, 4) is 0 Å². The summed E-state index contributed by atoms with van der Waals surface area (Å²) >= 11 is 0. The normalized spacial score (nSPS) is 45.2. The van der Waals surface area contributed by atoms with Gasteiger partial charge in [-0.3, -0.25) is 4.79 Å². The monoisotopic (exact) mass is 246 g/mol. The molecule has 18 heavy (non-hydrogen) atoms. The Hall–Kier alpha value is -0.590. The molecule has 2 unspecified atom stereocenters. The van der Waals surface area contributed by atoms with Gasteiger partial charge in [-0.15, -0.1) is 6.58 Å². The maximum Gasteiger partial charge on any atom is 0.139 e. The number of carbonyl (C=O) groups excluding carboxylic acids is 1. The first-order chi connectivity index (χ1) is 8.55. The van der Waals surface area contributed by atoms with Crippen LogP contribution < -0.4 is 0 Å². The first-order valence-electron chi connectivity index (χ1n) is 7.69. The average Bonchev–Trinajstić information content (AvgIpc) is 2.25. The Morgan fingerprint density at radius 1 is 1.28 bits per heavy atom. The summed E-state index contributed by atoms with van der Waals surface area (Å²) in [5.74, 6) is 2.31. The quantitative estimate of drug-likeness (QED) is 0.515. The Morgan fingerprint density at radius 2 is 1.94 bits per heavy atom. The molecule has 0 N–H and O–H groups in total. The van der Waals surface area contributed by atoms with Crippen LogP contribution in [-0.2, 0) is 4.79 Å². The predicted molar refractivity (Wildman–Crippen MR) is 74.3 cm³/mol. The van der Waals surface area contributed by atoms with Gasteiger partial charge in [0.15, 0.2) is 0 Å². The molecule has 4 aliphatic rings. The summed E-state index contributed by atoms with van der Waals surface area (Å²) in [6.07, 6.45) is 12.6. The van der Waals surface area contributed by atoms with Gasteiger partial charge in [-0.2, -0.15) is 0 Å². The Bertz CT molecular complexity index is 354. The van der Waals surface area contributed by atoms with Crippen molar-refractivity contribution in [2.45, 2.75) is 64.7 Å². The van der Waals surface area contributed by atoms with Crippen LogP contribution >= 0.6 is 0 Å². The number of rotatable bonds is 5. The first-order valence-corrected chi connectivity index (χ1v) is 7.69. The number of hydrogen-bond donors (Lipinski definition) is 0. The van der Waals surface area contributed by atoms with E-state index in [1.54, 1.807) is 0 Å². The molecule has 100 valence electrons. The van der Waals surface area contributed by atoms with Crippen molar-refractivity contribution in [2.24, 2.45) is 22.7 Å². The summed E-state index contributed by atoms with van der Waals surface area (Å²) in [6, 6.07) is 0. The van der Waals surface area contributed by atoms with Crippen LogP contribution in [0.5, 0.6) is 0 Å². The van der Waals surface area contributed by atoms with E-state index < -0.39 is 0 Å². The summed E-state index contributed by atoms with van der Waals surface area (Å²) < 4.78 is 0. The molecule has 0 aromatic heterocycles. The molecule has 0 aromatic carbocycles. The lowest BCUT2D eigenvalue weighted by atomic mass is 9.43. The molecule has 0 heterocycles. The third-order valence-electron chi connectivity index (χ3n) is 5.76. The summed E-state index contributed by atoms with van der Waals surface area (Å²) in [6.45, 7) is 6.19. The second-order valence-electron chi connectivity index (χ2n) is 7.66. The van der Waals surface area contributed by atoms with Crippen LogP contribution in [0, 0.1) is 22.7 Å².